The minimum absolute atomic E-state index is 0.0958. The molecule has 0 radical (unpaired) electrons. The van der Waals surface area contributed by atoms with E-state index in [0.29, 0.717) is 30.7 Å². The molecule has 0 aliphatic rings. The Morgan fingerprint density at radius 3 is 2.60 bits per heavy atom. The molecular formula is C22H24N4O3S. The van der Waals surface area contributed by atoms with Crippen LogP contribution in [-0.4, -0.2) is 35.0 Å². The second-order valence-electron chi connectivity index (χ2n) is 6.56. The minimum atomic E-state index is -0.171. The molecule has 8 heteroatoms. The van der Waals surface area contributed by atoms with Gasteiger partial charge in [-0.1, -0.05) is 12.1 Å². The van der Waals surface area contributed by atoms with Gasteiger partial charge in [-0.05, 0) is 54.6 Å². The zero-order valence-electron chi connectivity index (χ0n) is 16.9. The number of carbonyl (C=O) groups excluding carboxylic acids is 2. The fraction of sp³-hybridized carbons (Fsp3) is 0.227. The topological polar surface area (TPSA) is 85.2 Å². The van der Waals surface area contributed by atoms with E-state index >= 15 is 0 Å². The zero-order valence-corrected chi connectivity index (χ0v) is 17.7. The molecule has 0 unspecified atom stereocenters. The lowest BCUT2D eigenvalue weighted by Crippen LogP contribution is -2.25. The van der Waals surface area contributed by atoms with E-state index in [-0.39, 0.29) is 11.8 Å². The summed E-state index contributed by atoms with van der Waals surface area (Å²) in [5, 5.41) is 6.62. The van der Waals surface area contributed by atoms with E-state index in [0.717, 1.165) is 15.7 Å². The molecule has 0 saturated heterocycles. The Morgan fingerprint density at radius 1 is 1.13 bits per heavy atom. The Hall–Kier alpha value is -3.26. The maximum absolute atomic E-state index is 12.4. The highest BCUT2D eigenvalue weighted by Gasteiger charge is 2.11. The summed E-state index contributed by atoms with van der Waals surface area (Å²) in [5.74, 6) is 0.432. The number of benzene rings is 2. The zero-order chi connectivity index (χ0) is 21.3. The molecule has 1 heterocycles. The number of para-hydroxylation sites is 1. The summed E-state index contributed by atoms with van der Waals surface area (Å²) in [4.78, 5) is 29.7. The summed E-state index contributed by atoms with van der Waals surface area (Å²) in [5.41, 5.74) is 1.30. The predicted octanol–water partition coefficient (Wildman–Crippen LogP) is 3.73. The van der Waals surface area contributed by atoms with Gasteiger partial charge in [0.2, 0.25) is 5.91 Å². The van der Waals surface area contributed by atoms with Gasteiger partial charge in [0.15, 0.2) is 5.16 Å². The molecule has 7 nitrogen and oxygen atoms in total. The number of aromatic nitrogens is 2. The number of rotatable bonds is 9. The first-order valence-corrected chi connectivity index (χ1v) is 10.3. The van der Waals surface area contributed by atoms with Crippen LogP contribution in [0.15, 0.2) is 71.0 Å². The number of hydrogen-bond donors (Lipinski definition) is 2. The number of methoxy groups -OCH3 is 1. The normalized spacial score (nSPS) is 10.5. The first kappa shape index (κ1) is 21.4. The smallest absolute Gasteiger partial charge is 0.251 e. The number of ether oxygens (including phenoxy) is 1. The molecule has 0 fully saturated rings. The predicted molar refractivity (Wildman–Crippen MR) is 117 cm³/mol. The molecule has 3 aromatic rings. The molecule has 0 atom stereocenters. The minimum Gasteiger partial charge on any atom is -0.497 e. The Labute approximate surface area is 179 Å². The SMILES string of the molecule is COc1ccc(C(=O)NCCCC(=O)Nc2ccccc2Sc2nccn2C)cc1. The van der Waals surface area contributed by atoms with Crippen LogP contribution in [-0.2, 0) is 11.8 Å². The average molecular weight is 425 g/mol. The lowest BCUT2D eigenvalue weighted by atomic mass is 10.2. The van der Waals surface area contributed by atoms with Crippen molar-refractivity contribution in [2.24, 2.45) is 7.05 Å². The molecule has 0 aliphatic heterocycles. The van der Waals surface area contributed by atoms with Crippen LogP contribution in [0.4, 0.5) is 5.69 Å². The highest BCUT2D eigenvalue weighted by atomic mass is 32.2. The number of carbonyl (C=O) groups is 2. The quantitative estimate of drug-likeness (QED) is 0.511. The van der Waals surface area contributed by atoms with Crippen molar-refractivity contribution in [3.8, 4) is 5.75 Å². The molecule has 2 N–H and O–H groups in total. The van der Waals surface area contributed by atoms with Gasteiger partial charge in [-0.15, -0.1) is 0 Å². The van der Waals surface area contributed by atoms with Crippen LogP contribution in [0.1, 0.15) is 23.2 Å². The van der Waals surface area contributed by atoms with Crippen molar-refractivity contribution in [1.82, 2.24) is 14.9 Å². The van der Waals surface area contributed by atoms with Crippen LogP contribution >= 0.6 is 11.8 Å². The number of amides is 2. The summed E-state index contributed by atoms with van der Waals surface area (Å²) in [6.07, 6.45) is 4.47. The van der Waals surface area contributed by atoms with Crippen LogP contribution in [0.5, 0.6) is 5.75 Å². The average Bonchev–Trinajstić information content (AvgIpc) is 3.17. The van der Waals surface area contributed by atoms with Crippen molar-refractivity contribution in [1.29, 1.82) is 0 Å². The van der Waals surface area contributed by atoms with Gasteiger partial charge in [0, 0.05) is 42.9 Å². The van der Waals surface area contributed by atoms with Crippen molar-refractivity contribution >= 4 is 29.3 Å². The summed E-state index contributed by atoms with van der Waals surface area (Å²) in [6.45, 7) is 0.419. The summed E-state index contributed by atoms with van der Waals surface area (Å²) in [7, 11) is 3.51. The number of aryl methyl sites for hydroxylation is 1. The standard InChI is InChI=1S/C22H24N4O3S/c1-26-15-14-24-22(26)30-19-7-4-3-6-18(19)25-20(27)8-5-13-23-21(28)16-9-11-17(29-2)12-10-16/h3-4,6-7,9-12,14-15H,5,8,13H2,1-2H3,(H,23,28)(H,25,27). The van der Waals surface area contributed by atoms with Crippen LogP contribution in [0.2, 0.25) is 0 Å². The van der Waals surface area contributed by atoms with Crippen molar-refractivity contribution in [3.63, 3.8) is 0 Å². The molecule has 0 spiro atoms. The molecule has 0 aliphatic carbocycles. The van der Waals surface area contributed by atoms with Crippen molar-refractivity contribution < 1.29 is 14.3 Å². The van der Waals surface area contributed by atoms with Crippen LogP contribution < -0.4 is 15.4 Å². The molecule has 30 heavy (non-hydrogen) atoms. The molecule has 1 aromatic heterocycles. The van der Waals surface area contributed by atoms with Gasteiger partial charge in [-0.2, -0.15) is 0 Å². The third-order valence-electron chi connectivity index (χ3n) is 4.36. The number of anilines is 1. The maximum Gasteiger partial charge on any atom is 0.251 e. The first-order chi connectivity index (χ1) is 14.6. The van der Waals surface area contributed by atoms with E-state index in [9.17, 15) is 9.59 Å². The summed E-state index contributed by atoms with van der Waals surface area (Å²) < 4.78 is 7.01. The van der Waals surface area contributed by atoms with E-state index in [4.69, 9.17) is 4.74 Å². The van der Waals surface area contributed by atoms with Gasteiger partial charge in [-0.25, -0.2) is 4.98 Å². The lowest BCUT2D eigenvalue weighted by Gasteiger charge is -2.11. The van der Waals surface area contributed by atoms with Gasteiger partial charge >= 0.3 is 0 Å². The van der Waals surface area contributed by atoms with E-state index < -0.39 is 0 Å². The van der Waals surface area contributed by atoms with E-state index in [1.54, 1.807) is 37.6 Å². The molecule has 3 rings (SSSR count). The lowest BCUT2D eigenvalue weighted by molar-refractivity contribution is -0.116. The molecule has 156 valence electrons. The fourth-order valence-electron chi connectivity index (χ4n) is 2.72. The second kappa shape index (κ2) is 10.5. The van der Waals surface area contributed by atoms with Gasteiger partial charge in [0.25, 0.3) is 5.91 Å². The molecule has 2 amide bonds. The highest BCUT2D eigenvalue weighted by Crippen LogP contribution is 2.32. The monoisotopic (exact) mass is 424 g/mol. The van der Waals surface area contributed by atoms with Gasteiger partial charge in [0.1, 0.15) is 5.75 Å². The Bertz CT molecular complexity index is 1000. The van der Waals surface area contributed by atoms with Crippen molar-refractivity contribution in [2.45, 2.75) is 22.9 Å². The molecule has 0 saturated carbocycles. The van der Waals surface area contributed by atoms with Crippen LogP contribution in [0.3, 0.4) is 0 Å². The number of imidazole rings is 1. The second-order valence-corrected chi connectivity index (χ2v) is 7.56. The molecular weight excluding hydrogens is 400 g/mol. The first-order valence-electron chi connectivity index (χ1n) is 9.53. The van der Waals surface area contributed by atoms with E-state index in [1.165, 1.54) is 11.8 Å². The number of nitrogens with zero attached hydrogens (tertiary/aromatic N) is 2. The van der Waals surface area contributed by atoms with Gasteiger partial charge in [0.05, 0.1) is 12.8 Å². The van der Waals surface area contributed by atoms with Gasteiger partial charge in [-0.3, -0.25) is 9.59 Å². The van der Waals surface area contributed by atoms with Crippen molar-refractivity contribution in [2.75, 3.05) is 19.0 Å². The van der Waals surface area contributed by atoms with E-state index in [2.05, 4.69) is 15.6 Å². The maximum atomic E-state index is 12.4. The van der Waals surface area contributed by atoms with E-state index in [1.807, 2.05) is 42.1 Å². The van der Waals surface area contributed by atoms with Gasteiger partial charge < -0.3 is 19.9 Å². The van der Waals surface area contributed by atoms with Crippen LogP contribution in [0.25, 0.3) is 0 Å². The summed E-state index contributed by atoms with van der Waals surface area (Å²) in [6, 6.07) is 14.5. The fourth-order valence-corrected chi connectivity index (χ4v) is 3.61. The van der Waals surface area contributed by atoms with Crippen LogP contribution in [0, 0.1) is 0 Å². The Kier molecular flexibility index (Phi) is 7.51. The summed E-state index contributed by atoms with van der Waals surface area (Å²) >= 11 is 1.49. The van der Waals surface area contributed by atoms with Crippen molar-refractivity contribution in [3.05, 3.63) is 66.5 Å². The Balaban J connectivity index is 1.46. The Morgan fingerprint density at radius 2 is 1.90 bits per heavy atom. The third-order valence-corrected chi connectivity index (χ3v) is 5.51. The number of hydrogen-bond acceptors (Lipinski definition) is 5. The largest absolute Gasteiger partial charge is 0.497 e. The molecule has 0 bridgehead atoms. The third kappa shape index (κ3) is 5.87. The highest BCUT2D eigenvalue weighted by molar-refractivity contribution is 7.99. The molecule has 2 aromatic carbocycles. The number of nitrogens with one attached hydrogen (secondary N) is 2.